The molecule has 3 aromatic rings. The number of benzene rings is 1. The van der Waals surface area contributed by atoms with Gasteiger partial charge in [0.2, 0.25) is 0 Å². The summed E-state index contributed by atoms with van der Waals surface area (Å²) >= 11 is 13.8. The smallest absolute Gasteiger partial charge is 0.394 e. The van der Waals surface area contributed by atoms with E-state index in [1.807, 2.05) is 0 Å². The molecule has 1 saturated heterocycles. The average Bonchev–Trinajstić information content (AvgIpc) is 3.42. The van der Waals surface area contributed by atoms with Crippen LogP contribution in [0.5, 0.6) is 0 Å². The van der Waals surface area contributed by atoms with E-state index in [2.05, 4.69) is 15.3 Å². The molecule has 1 aromatic carbocycles. The molecule has 33 heavy (non-hydrogen) atoms. The Balaban J connectivity index is 1.60. The van der Waals surface area contributed by atoms with E-state index in [0.717, 1.165) is 33.2 Å². The first-order valence-electron chi connectivity index (χ1n) is 9.27. The van der Waals surface area contributed by atoms with Gasteiger partial charge in [-0.3, -0.25) is 0 Å². The van der Waals surface area contributed by atoms with Crippen molar-refractivity contribution in [3.05, 3.63) is 45.5 Å². The van der Waals surface area contributed by atoms with Crippen LogP contribution in [-0.2, 0) is 10.9 Å². The highest BCUT2D eigenvalue weighted by Crippen LogP contribution is 2.40. The van der Waals surface area contributed by atoms with Crippen LogP contribution in [0.2, 0.25) is 10.0 Å². The summed E-state index contributed by atoms with van der Waals surface area (Å²) in [6, 6.07) is 3.70. The van der Waals surface area contributed by atoms with Gasteiger partial charge in [0.25, 0.3) is 0 Å². The zero-order valence-corrected chi connectivity index (χ0v) is 19.4. The molecule has 2 aromatic heterocycles. The quantitative estimate of drug-likeness (QED) is 0.449. The number of thiazole rings is 1. The molecule has 3 N–H and O–H groups in total. The highest BCUT2D eigenvalue weighted by Gasteiger charge is 2.46. The van der Waals surface area contributed by atoms with Gasteiger partial charge in [-0.1, -0.05) is 40.2 Å². The standard InChI is InChI=1S/C18H15Cl2F3N4O4S2/c19-8-2-1-7(3-9(8)20)33-17-15(30)13(14(29)11(5-28)31-17)27-4-10(25-26-27)16-24-12(6-32-16)18(21,22)23/h1-4,6,11,13-15,17,28-30H,5H2. The number of hydrogen-bond donors (Lipinski definition) is 3. The lowest BCUT2D eigenvalue weighted by atomic mass is 9.97. The molecular formula is C18H15Cl2F3N4O4S2. The van der Waals surface area contributed by atoms with Gasteiger partial charge in [-0.15, -0.1) is 16.4 Å². The van der Waals surface area contributed by atoms with Gasteiger partial charge in [-0.25, -0.2) is 9.67 Å². The van der Waals surface area contributed by atoms with E-state index in [4.69, 9.17) is 27.9 Å². The molecule has 5 unspecified atom stereocenters. The van der Waals surface area contributed by atoms with Crippen molar-refractivity contribution >= 4 is 46.3 Å². The van der Waals surface area contributed by atoms with E-state index in [1.54, 1.807) is 18.2 Å². The Kier molecular flexibility index (Phi) is 7.22. The average molecular weight is 543 g/mol. The molecule has 1 fully saturated rings. The van der Waals surface area contributed by atoms with Gasteiger partial charge in [0.05, 0.1) is 22.8 Å². The molecule has 1 aliphatic heterocycles. The van der Waals surface area contributed by atoms with E-state index >= 15 is 0 Å². The summed E-state index contributed by atoms with van der Waals surface area (Å²) in [6.45, 7) is -0.550. The van der Waals surface area contributed by atoms with Gasteiger partial charge in [0.1, 0.15) is 40.5 Å². The minimum Gasteiger partial charge on any atom is -0.394 e. The Morgan fingerprint density at radius 3 is 2.58 bits per heavy atom. The SMILES string of the molecule is OCC1OC(Sc2ccc(Cl)c(Cl)c2)C(O)C(n2cc(-c3nc(C(F)(F)F)cs3)nn2)C1O. The second-order valence-corrected chi connectivity index (χ2v) is 9.85. The van der Waals surface area contributed by atoms with Crippen LogP contribution in [0.3, 0.4) is 0 Å². The Hall–Kier alpha value is -1.45. The van der Waals surface area contributed by atoms with E-state index in [9.17, 15) is 28.5 Å². The maximum absolute atomic E-state index is 12.8. The molecular weight excluding hydrogens is 528 g/mol. The van der Waals surface area contributed by atoms with Crippen molar-refractivity contribution in [1.29, 1.82) is 0 Å². The summed E-state index contributed by atoms with van der Waals surface area (Å²) in [5.41, 5.74) is -1.96. The molecule has 3 heterocycles. The normalized spacial score (nSPS) is 26.0. The first-order valence-corrected chi connectivity index (χ1v) is 11.8. The molecule has 8 nitrogen and oxygen atoms in total. The highest BCUT2D eigenvalue weighted by atomic mass is 35.5. The molecule has 1 aliphatic rings. The molecule has 0 radical (unpaired) electrons. The number of aromatic nitrogens is 4. The maximum atomic E-state index is 12.8. The molecule has 0 saturated carbocycles. The number of rotatable bonds is 5. The molecule has 0 bridgehead atoms. The number of thioether (sulfide) groups is 1. The summed E-state index contributed by atoms with van der Waals surface area (Å²) in [4.78, 5) is 4.14. The van der Waals surface area contributed by atoms with Crippen LogP contribution in [0.25, 0.3) is 10.7 Å². The summed E-state index contributed by atoms with van der Waals surface area (Å²) in [7, 11) is 0. The third-order valence-electron chi connectivity index (χ3n) is 4.82. The van der Waals surface area contributed by atoms with Crippen LogP contribution in [-0.4, -0.2) is 65.7 Å². The number of aliphatic hydroxyl groups excluding tert-OH is 3. The van der Waals surface area contributed by atoms with Crippen molar-refractivity contribution in [2.45, 2.75) is 40.9 Å². The predicted octanol–water partition coefficient (Wildman–Crippen LogP) is 3.50. The molecule has 15 heteroatoms. The fourth-order valence-electron chi connectivity index (χ4n) is 3.20. The summed E-state index contributed by atoms with van der Waals surface area (Å²) < 4.78 is 45.3. The van der Waals surface area contributed by atoms with Gasteiger partial charge < -0.3 is 20.1 Å². The Labute approximate surface area is 202 Å². The van der Waals surface area contributed by atoms with Gasteiger partial charge in [-0.2, -0.15) is 13.2 Å². The molecule has 0 amide bonds. The zero-order valence-electron chi connectivity index (χ0n) is 16.2. The predicted molar refractivity (Wildman–Crippen MR) is 115 cm³/mol. The van der Waals surface area contributed by atoms with Crippen molar-refractivity contribution in [1.82, 2.24) is 20.0 Å². The molecule has 178 valence electrons. The van der Waals surface area contributed by atoms with E-state index in [0.29, 0.717) is 14.9 Å². The van der Waals surface area contributed by atoms with Gasteiger partial charge >= 0.3 is 6.18 Å². The van der Waals surface area contributed by atoms with E-state index in [-0.39, 0.29) is 10.7 Å². The zero-order chi connectivity index (χ0) is 23.9. The monoisotopic (exact) mass is 542 g/mol. The molecule has 0 spiro atoms. The second-order valence-electron chi connectivity index (χ2n) is 7.01. The molecule has 0 aliphatic carbocycles. The van der Waals surface area contributed by atoms with Gasteiger partial charge in [0, 0.05) is 10.3 Å². The third-order valence-corrected chi connectivity index (χ3v) is 7.57. The topological polar surface area (TPSA) is 114 Å². The van der Waals surface area contributed by atoms with Crippen molar-refractivity contribution in [2.75, 3.05) is 6.61 Å². The number of alkyl halides is 3. The van der Waals surface area contributed by atoms with Gasteiger partial charge in [0.15, 0.2) is 5.69 Å². The largest absolute Gasteiger partial charge is 0.434 e. The summed E-state index contributed by atoms with van der Waals surface area (Å²) in [5.74, 6) is 0. The summed E-state index contributed by atoms with van der Waals surface area (Å²) in [6.07, 6.45) is -7.10. The lowest BCUT2D eigenvalue weighted by Crippen LogP contribution is -2.55. The van der Waals surface area contributed by atoms with Crippen LogP contribution in [0, 0.1) is 0 Å². The highest BCUT2D eigenvalue weighted by molar-refractivity contribution is 7.99. The Morgan fingerprint density at radius 1 is 1.18 bits per heavy atom. The van der Waals surface area contributed by atoms with Crippen LogP contribution in [0.1, 0.15) is 11.7 Å². The Morgan fingerprint density at radius 2 is 1.94 bits per heavy atom. The minimum absolute atomic E-state index is 0.0231. The second kappa shape index (κ2) is 9.66. The number of aliphatic hydroxyl groups is 3. The first kappa shape index (κ1) is 24.7. The lowest BCUT2D eigenvalue weighted by Gasteiger charge is -2.41. The van der Waals surface area contributed by atoms with Crippen LogP contribution < -0.4 is 0 Å². The third kappa shape index (κ3) is 5.15. The fraction of sp³-hybridized carbons (Fsp3) is 0.389. The minimum atomic E-state index is -4.60. The van der Waals surface area contributed by atoms with Crippen molar-refractivity contribution in [3.63, 3.8) is 0 Å². The van der Waals surface area contributed by atoms with E-state index < -0.39 is 48.3 Å². The number of ether oxygens (including phenoxy) is 1. The van der Waals surface area contributed by atoms with Crippen molar-refractivity contribution < 1.29 is 33.2 Å². The molecule has 5 atom stereocenters. The molecule has 4 rings (SSSR count). The first-order chi connectivity index (χ1) is 15.6. The number of halogens is 5. The van der Waals surface area contributed by atoms with E-state index in [1.165, 1.54) is 6.20 Å². The number of hydrogen-bond acceptors (Lipinski definition) is 9. The van der Waals surface area contributed by atoms with Crippen LogP contribution in [0.4, 0.5) is 13.2 Å². The lowest BCUT2D eigenvalue weighted by molar-refractivity contribution is -0.178. The summed E-state index contributed by atoms with van der Waals surface area (Å²) in [5, 5.41) is 40.5. The van der Waals surface area contributed by atoms with Crippen LogP contribution in [0.15, 0.2) is 34.7 Å². The maximum Gasteiger partial charge on any atom is 0.434 e. The fourth-order valence-corrected chi connectivity index (χ4v) is 5.44. The van der Waals surface area contributed by atoms with Crippen molar-refractivity contribution in [3.8, 4) is 10.7 Å². The van der Waals surface area contributed by atoms with Crippen LogP contribution >= 0.6 is 46.3 Å². The van der Waals surface area contributed by atoms with Gasteiger partial charge in [-0.05, 0) is 18.2 Å². The van der Waals surface area contributed by atoms with Crippen molar-refractivity contribution in [2.24, 2.45) is 0 Å². The number of nitrogens with zero attached hydrogens (tertiary/aromatic N) is 4. The Bertz CT molecular complexity index is 1130.